The van der Waals surface area contributed by atoms with E-state index in [1.807, 2.05) is 12.1 Å². The molecule has 0 spiro atoms. The molecule has 1 fully saturated rings. The topological polar surface area (TPSA) is 72.6 Å². The molecule has 0 heterocycles. The number of halogens is 6. The molecule has 1 aliphatic rings. The van der Waals surface area contributed by atoms with Crippen molar-refractivity contribution >= 4 is 17.7 Å². The molecule has 3 aromatic rings. The lowest BCUT2D eigenvalue weighted by Gasteiger charge is -2.24. The maximum absolute atomic E-state index is 13.3. The summed E-state index contributed by atoms with van der Waals surface area (Å²) in [4.78, 5) is 25.6. The average molecular weight is 536 g/mol. The molecular formula is C27H22F6N2O3. The van der Waals surface area contributed by atoms with Crippen LogP contribution in [0.1, 0.15) is 52.4 Å². The van der Waals surface area contributed by atoms with Crippen LogP contribution in [0.2, 0.25) is 0 Å². The third kappa shape index (κ3) is 6.09. The maximum Gasteiger partial charge on any atom is 0.420 e. The number of anilines is 1. The van der Waals surface area contributed by atoms with E-state index in [9.17, 15) is 35.9 Å². The van der Waals surface area contributed by atoms with Crippen LogP contribution in [0.15, 0.2) is 66.7 Å². The van der Waals surface area contributed by atoms with Gasteiger partial charge in [0.05, 0.1) is 17.7 Å². The quantitative estimate of drug-likeness (QED) is 0.342. The molecule has 0 aromatic heterocycles. The second-order valence-electron chi connectivity index (χ2n) is 9.36. The summed E-state index contributed by atoms with van der Waals surface area (Å²) >= 11 is 0. The standard InChI is InChI=1S/C27H22F6N2O3/c1-25(10-11-25)18-6-8-21(9-7-18)35(15-16-2-4-17(5-3-16)23(34)36)24(37)38-22-13-19(26(28,29)30)12-20(14-22)27(31,32)33/h2-9,12-14H,10-11,15H2,1H3,(H2,34,36). The minimum absolute atomic E-state index is 0.0283. The van der Waals surface area contributed by atoms with Gasteiger partial charge in [-0.1, -0.05) is 31.2 Å². The minimum Gasteiger partial charge on any atom is -0.410 e. The van der Waals surface area contributed by atoms with Crippen LogP contribution in [0.4, 0.5) is 36.8 Å². The summed E-state index contributed by atoms with van der Waals surface area (Å²) in [6.45, 7) is 1.93. The fraction of sp³-hybridized carbons (Fsp3) is 0.259. The molecule has 0 atom stereocenters. The van der Waals surface area contributed by atoms with Gasteiger partial charge in [-0.05, 0) is 71.8 Å². The van der Waals surface area contributed by atoms with Gasteiger partial charge in [-0.15, -0.1) is 0 Å². The van der Waals surface area contributed by atoms with Crippen molar-refractivity contribution < 1.29 is 40.7 Å². The van der Waals surface area contributed by atoms with Crippen LogP contribution in [0.3, 0.4) is 0 Å². The zero-order chi connectivity index (χ0) is 27.9. The van der Waals surface area contributed by atoms with Crippen molar-refractivity contribution in [1.29, 1.82) is 0 Å². The molecule has 38 heavy (non-hydrogen) atoms. The SMILES string of the molecule is CC1(c2ccc(N(Cc3ccc(C(N)=O)cc3)C(=O)Oc3cc(C(F)(F)F)cc(C(F)(F)F)c3)cc2)CC1. The molecule has 200 valence electrons. The fourth-order valence-electron chi connectivity index (χ4n) is 3.88. The fourth-order valence-corrected chi connectivity index (χ4v) is 3.88. The summed E-state index contributed by atoms with van der Waals surface area (Å²) in [6, 6.07) is 13.4. The number of carbonyl (C=O) groups is 2. The maximum atomic E-state index is 13.3. The second kappa shape index (κ2) is 9.70. The number of nitrogens with two attached hydrogens (primary N) is 1. The highest BCUT2D eigenvalue weighted by atomic mass is 19.4. The highest BCUT2D eigenvalue weighted by Gasteiger charge is 2.39. The number of nitrogens with zero attached hydrogens (tertiary/aromatic N) is 1. The van der Waals surface area contributed by atoms with Crippen molar-refractivity contribution in [2.24, 2.45) is 5.73 Å². The van der Waals surface area contributed by atoms with Crippen LogP contribution in [-0.2, 0) is 24.3 Å². The molecule has 11 heteroatoms. The Morgan fingerprint density at radius 1 is 0.868 bits per heavy atom. The van der Waals surface area contributed by atoms with Crippen LogP contribution >= 0.6 is 0 Å². The molecule has 0 unspecified atom stereocenters. The number of carbonyl (C=O) groups excluding carboxylic acids is 2. The Hall–Kier alpha value is -4.02. The monoisotopic (exact) mass is 536 g/mol. The van der Waals surface area contributed by atoms with Gasteiger partial charge in [0.1, 0.15) is 5.75 Å². The Balaban J connectivity index is 1.68. The molecule has 5 nitrogen and oxygen atoms in total. The van der Waals surface area contributed by atoms with E-state index in [0.29, 0.717) is 23.4 Å². The second-order valence-corrected chi connectivity index (χ2v) is 9.36. The molecule has 2 N–H and O–H groups in total. The highest BCUT2D eigenvalue weighted by Crippen LogP contribution is 2.47. The van der Waals surface area contributed by atoms with Crippen LogP contribution in [0.25, 0.3) is 0 Å². The minimum atomic E-state index is -5.10. The van der Waals surface area contributed by atoms with Crippen molar-refractivity contribution in [1.82, 2.24) is 0 Å². The van der Waals surface area contributed by atoms with E-state index in [4.69, 9.17) is 10.5 Å². The van der Waals surface area contributed by atoms with Crippen LogP contribution in [-0.4, -0.2) is 12.0 Å². The summed E-state index contributed by atoms with van der Waals surface area (Å²) in [5.41, 5.74) is 4.13. The molecule has 0 aliphatic heterocycles. The van der Waals surface area contributed by atoms with E-state index in [0.717, 1.165) is 23.3 Å². The first-order chi connectivity index (χ1) is 17.7. The normalized spacial score (nSPS) is 14.6. The van der Waals surface area contributed by atoms with Crippen molar-refractivity contribution in [3.63, 3.8) is 0 Å². The van der Waals surface area contributed by atoms with Gasteiger partial charge in [0.2, 0.25) is 5.91 Å². The largest absolute Gasteiger partial charge is 0.420 e. The number of primary amides is 1. The molecule has 0 saturated heterocycles. The van der Waals surface area contributed by atoms with Gasteiger partial charge in [0.25, 0.3) is 0 Å². The Morgan fingerprint density at radius 2 is 1.39 bits per heavy atom. The molecular weight excluding hydrogens is 514 g/mol. The number of benzene rings is 3. The first kappa shape index (κ1) is 27.0. The average Bonchev–Trinajstić information content (AvgIpc) is 3.60. The molecule has 4 rings (SSSR count). The zero-order valence-electron chi connectivity index (χ0n) is 20.0. The summed E-state index contributed by atoms with van der Waals surface area (Å²) in [7, 11) is 0. The number of rotatable bonds is 6. The van der Waals surface area contributed by atoms with Crippen LogP contribution in [0.5, 0.6) is 5.75 Å². The third-order valence-corrected chi connectivity index (χ3v) is 6.44. The first-order valence-corrected chi connectivity index (χ1v) is 11.4. The number of hydrogen-bond acceptors (Lipinski definition) is 3. The van der Waals surface area contributed by atoms with E-state index in [1.54, 1.807) is 12.1 Å². The molecule has 0 bridgehead atoms. The lowest BCUT2D eigenvalue weighted by molar-refractivity contribution is -0.143. The highest BCUT2D eigenvalue weighted by molar-refractivity contribution is 5.93. The Bertz CT molecular complexity index is 1310. The Kier molecular flexibility index (Phi) is 6.90. The van der Waals surface area contributed by atoms with E-state index in [1.165, 1.54) is 24.3 Å². The van der Waals surface area contributed by atoms with Gasteiger partial charge in [-0.2, -0.15) is 26.3 Å². The zero-order valence-corrected chi connectivity index (χ0v) is 20.0. The lowest BCUT2D eigenvalue weighted by atomic mass is 9.98. The van der Waals surface area contributed by atoms with E-state index in [2.05, 4.69) is 6.92 Å². The molecule has 3 aromatic carbocycles. The molecule has 2 amide bonds. The molecule has 0 radical (unpaired) electrons. The van der Waals surface area contributed by atoms with E-state index in [-0.39, 0.29) is 23.6 Å². The molecule has 1 saturated carbocycles. The van der Waals surface area contributed by atoms with Crippen molar-refractivity contribution in [3.8, 4) is 5.75 Å². The van der Waals surface area contributed by atoms with Gasteiger partial charge in [0.15, 0.2) is 0 Å². The van der Waals surface area contributed by atoms with Gasteiger partial charge in [0, 0.05) is 11.3 Å². The summed E-state index contributed by atoms with van der Waals surface area (Å²) in [6.07, 6.45) is -9.39. The van der Waals surface area contributed by atoms with Crippen molar-refractivity contribution in [2.75, 3.05) is 4.90 Å². The Morgan fingerprint density at radius 3 is 1.84 bits per heavy atom. The van der Waals surface area contributed by atoms with Crippen molar-refractivity contribution in [2.45, 2.75) is 44.1 Å². The molecule has 1 aliphatic carbocycles. The first-order valence-electron chi connectivity index (χ1n) is 11.4. The Labute approximate surface area is 213 Å². The van der Waals surface area contributed by atoms with Crippen molar-refractivity contribution in [3.05, 3.63) is 94.5 Å². The summed E-state index contributed by atoms with van der Waals surface area (Å²) in [5.74, 6) is -1.57. The number of alkyl halides is 6. The predicted molar refractivity (Wildman–Crippen MR) is 127 cm³/mol. The van der Waals surface area contributed by atoms with E-state index >= 15 is 0 Å². The summed E-state index contributed by atoms with van der Waals surface area (Å²) in [5, 5.41) is 0. The van der Waals surface area contributed by atoms with Gasteiger partial charge < -0.3 is 10.5 Å². The third-order valence-electron chi connectivity index (χ3n) is 6.44. The van der Waals surface area contributed by atoms with Gasteiger partial charge in [-0.3, -0.25) is 9.69 Å². The summed E-state index contributed by atoms with van der Waals surface area (Å²) < 4.78 is 84.6. The van der Waals surface area contributed by atoms with E-state index < -0.39 is 41.2 Å². The number of ether oxygens (including phenoxy) is 1. The number of amides is 2. The predicted octanol–water partition coefficient (Wildman–Crippen LogP) is 7.08. The number of hydrogen-bond donors (Lipinski definition) is 1. The van der Waals surface area contributed by atoms with Gasteiger partial charge in [-0.25, -0.2) is 4.79 Å². The lowest BCUT2D eigenvalue weighted by Crippen LogP contribution is -2.33. The van der Waals surface area contributed by atoms with Crippen LogP contribution < -0.4 is 15.4 Å². The smallest absolute Gasteiger partial charge is 0.410 e. The van der Waals surface area contributed by atoms with Crippen LogP contribution in [0, 0.1) is 0 Å². The van der Waals surface area contributed by atoms with Gasteiger partial charge >= 0.3 is 18.4 Å².